The second-order valence-corrected chi connectivity index (χ2v) is 10.3. The predicted octanol–water partition coefficient (Wildman–Crippen LogP) is 2.40. The van der Waals surface area contributed by atoms with Crippen LogP contribution in [0.5, 0.6) is 0 Å². The average Bonchev–Trinajstić information content (AvgIpc) is 3.29. The minimum Gasteiger partial charge on any atom is -0.339 e. The monoisotopic (exact) mass is 445 g/mol. The van der Waals surface area contributed by atoms with Gasteiger partial charge in [0.05, 0.1) is 23.0 Å². The van der Waals surface area contributed by atoms with Crippen LogP contribution in [-0.4, -0.2) is 63.6 Å². The Bertz CT molecular complexity index is 1030. The van der Waals surface area contributed by atoms with Crippen LogP contribution in [0.25, 0.3) is 10.2 Å². The number of H-pyrrole nitrogens is 1. The van der Waals surface area contributed by atoms with E-state index in [2.05, 4.69) is 34.8 Å². The molecule has 2 aliphatic rings. The lowest BCUT2D eigenvalue weighted by Gasteiger charge is -2.38. The second kappa shape index (κ2) is 9.08. The van der Waals surface area contributed by atoms with Crippen molar-refractivity contribution in [2.75, 3.05) is 31.9 Å². The first-order valence-electron chi connectivity index (χ1n) is 10.5. The number of piperazine rings is 1. The summed E-state index contributed by atoms with van der Waals surface area (Å²) in [7, 11) is 0. The number of aromatic nitrogens is 2. The van der Waals surface area contributed by atoms with E-state index in [1.165, 1.54) is 22.2 Å². The molecule has 1 N–H and O–H groups in total. The molecule has 9 heteroatoms. The molecule has 3 heterocycles. The number of hydrogen-bond donors (Lipinski definition) is 1. The molecule has 1 amide bonds. The van der Waals surface area contributed by atoms with E-state index < -0.39 is 0 Å². The molecule has 0 saturated carbocycles. The molecule has 0 bridgehead atoms. The summed E-state index contributed by atoms with van der Waals surface area (Å²) in [5.41, 5.74) is 1.14. The molecule has 1 saturated heterocycles. The standard InChI is InChI=1S/C21H27N5O2S2/c1-13(2)15(10-22)25-6-8-26(9-7-25)18(27)12-29-11-17-23-20(28)19-14-4-3-5-16(14)30-21(19)24-17/h13,15H,3-9,11-12H2,1-2H3,(H,23,24,28). The smallest absolute Gasteiger partial charge is 0.259 e. The maximum Gasteiger partial charge on any atom is 0.259 e. The van der Waals surface area contributed by atoms with E-state index in [1.807, 2.05) is 4.90 Å². The quantitative estimate of drug-likeness (QED) is 0.734. The van der Waals surface area contributed by atoms with Crippen molar-refractivity contribution in [2.24, 2.45) is 5.92 Å². The maximum absolute atomic E-state index is 12.6. The number of carbonyl (C=O) groups is 1. The minimum absolute atomic E-state index is 0.0466. The van der Waals surface area contributed by atoms with Gasteiger partial charge in [0.2, 0.25) is 5.91 Å². The van der Waals surface area contributed by atoms with Gasteiger partial charge in [-0.15, -0.1) is 23.1 Å². The van der Waals surface area contributed by atoms with E-state index in [0.29, 0.717) is 30.4 Å². The summed E-state index contributed by atoms with van der Waals surface area (Å²) in [5, 5.41) is 10.1. The Labute approximate surface area is 184 Å². The molecule has 160 valence electrons. The Hall–Kier alpha value is -1.89. The van der Waals surface area contributed by atoms with Crippen LogP contribution < -0.4 is 5.56 Å². The van der Waals surface area contributed by atoms with E-state index in [1.54, 1.807) is 11.3 Å². The summed E-state index contributed by atoms with van der Waals surface area (Å²) in [4.78, 5) is 38.8. The average molecular weight is 446 g/mol. The Morgan fingerprint density at radius 2 is 2.07 bits per heavy atom. The van der Waals surface area contributed by atoms with Gasteiger partial charge in [-0.2, -0.15) is 5.26 Å². The molecule has 0 radical (unpaired) electrons. The molecule has 4 rings (SSSR count). The summed E-state index contributed by atoms with van der Waals surface area (Å²) in [6.45, 7) is 6.91. The minimum atomic E-state index is -0.0898. The number of carbonyl (C=O) groups excluding carboxylic acids is 1. The highest BCUT2D eigenvalue weighted by molar-refractivity contribution is 7.99. The summed E-state index contributed by atoms with van der Waals surface area (Å²) in [6, 6.07) is 2.29. The number of nitriles is 1. The first-order chi connectivity index (χ1) is 14.5. The van der Waals surface area contributed by atoms with E-state index in [9.17, 15) is 14.9 Å². The van der Waals surface area contributed by atoms with Gasteiger partial charge < -0.3 is 9.88 Å². The number of aryl methyl sites for hydroxylation is 2. The number of hydrogen-bond acceptors (Lipinski definition) is 7. The zero-order valence-corrected chi connectivity index (χ0v) is 19.1. The fourth-order valence-corrected chi connectivity index (χ4v) is 6.41. The van der Waals surface area contributed by atoms with Crippen LogP contribution in [0, 0.1) is 17.2 Å². The number of thioether (sulfide) groups is 1. The summed E-state index contributed by atoms with van der Waals surface area (Å²) in [5.74, 6) is 1.92. The Morgan fingerprint density at radius 1 is 1.30 bits per heavy atom. The van der Waals surface area contributed by atoms with E-state index in [4.69, 9.17) is 0 Å². The molecule has 2 aromatic rings. The third kappa shape index (κ3) is 4.27. The molecule has 1 atom stereocenters. The molecule has 1 aliphatic heterocycles. The van der Waals surface area contributed by atoms with Crippen molar-refractivity contribution in [2.45, 2.75) is 44.9 Å². The molecule has 7 nitrogen and oxygen atoms in total. The van der Waals surface area contributed by atoms with Crippen molar-refractivity contribution in [1.82, 2.24) is 19.8 Å². The number of fused-ring (bicyclic) bond motifs is 3. The highest BCUT2D eigenvalue weighted by atomic mass is 32.2. The molecule has 1 aliphatic carbocycles. The number of rotatable bonds is 6. The van der Waals surface area contributed by atoms with Gasteiger partial charge in [-0.25, -0.2) is 4.98 Å². The van der Waals surface area contributed by atoms with Gasteiger partial charge in [0.25, 0.3) is 5.56 Å². The molecular formula is C21H27N5O2S2. The van der Waals surface area contributed by atoms with Crippen LogP contribution in [-0.2, 0) is 23.4 Å². The lowest BCUT2D eigenvalue weighted by molar-refractivity contribution is -0.130. The van der Waals surface area contributed by atoms with Gasteiger partial charge in [-0.3, -0.25) is 14.5 Å². The topological polar surface area (TPSA) is 93.1 Å². The third-order valence-corrected chi connectivity index (χ3v) is 8.03. The predicted molar refractivity (Wildman–Crippen MR) is 121 cm³/mol. The zero-order chi connectivity index (χ0) is 21.3. The maximum atomic E-state index is 12.6. The van der Waals surface area contributed by atoms with Gasteiger partial charge in [0.1, 0.15) is 16.7 Å². The van der Waals surface area contributed by atoms with Crippen molar-refractivity contribution < 1.29 is 4.79 Å². The molecule has 1 unspecified atom stereocenters. The van der Waals surface area contributed by atoms with Crippen molar-refractivity contribution in [3.05, 3.63) is 26.6 Å². The Morgan fingerprint density at radius 3 is 2.77 bits per heavy atom. The Balaban J connectivity index is 1.29. The van der Waals surface area contributed by atoms with E-state index >= 15 is 0 Å². The number of nitrogens with one attached hydrogen (secondary N) is 1. The van der Waals surface area contributed by atoms with Gasteiger partial charge >= 0.3 is 0 Å². The van der Waals surface area contributed by atoms with E-state index in [0.717, 1.165) is 42.6 Å². The lowest BCUT2D eigenvalue weighted by Crippen LogP contribution is -2.53. The Kier molecular flexibility index (Phi) is 6.46. The van der Waals surface area contributed by atoms with E-state index in [-0.39, 0.29) is 23.4 Å². The van der Waals surface area contributed by atoms with Gasteiger partial charge in [-0.05, 0) is 30.7 Å². The lowest BCUT2D eigenvalue weighted by atomic mass is 10.0. The molecule has 30 heavy (non-hydrogen) atoms. The largest absolute Gasteiger partial charge is 0.339 e. The van der Waals surface area contributed by atoms with Gasteiger partial charge in [0.15, 0.2) is 0 Å². The second-order valence-electron chi connectivity index (χ2n) is 8.28. The van der Waals surface area contributed by atoms with Gasteiger partial charge in [0, 0.05) is 31.1 Å². The van der Waals surface area contributed by atoms with Crippen LogP contribution in [0.1, 0.15) is 36.5 Å². The van der Waals surface area contributed by atoms with Gasteiger partial charge in [-0.1, -0.05) is 13.8 Å². The normalized spacial score (nSPS) is 18.0. The van der Waals surface area contributed by atoms with Crippen molar-refractivity contribution in [1.29, 1.82) is 5.26 Å². The number of thiophene rings is 1. The van der Waals surface area contributed by atoms with Crippen molar-refractivity contribution >= 4 is 39.2 Å². The first kappa shape index (κ1) is 21.3. The molecule has 1 fully saturated rings. The van der Waals surface area contributed by atoms with Crippen LogP contribution >= 0.6 is 23.1 Å². The van der Waals surface area contributed by atoms with Crippen LogP contribution in [0.3, 0.4) is 0 Å². The summed E-state index contributed by atoms with van der Waals surface area (Å²) >= 11 is 3.13. The zero-order valence-electron chi connectivity index (χ0n) is 17.4. The highest BCUT2D eigenvalue weighted by Gasteiger charge is 2.27. The first-order valence-corrected chi connectivity index (χ1v) is 12.5. The highest BCUT2D eigenvalue weighted by Crippen LogP contribution is 2.34. The fourth-order valence-electron chi connectivity index (χ4n) is 4.34. The SMILES string of the molecule is CC(C)C(C#N)N1CCN(C(=O)CSCc2nc3sc4c(c3c(=O)[nH]2)CCC4)CC1. The molecular weight excluding hydrogens is 418 g/mol. The van der Waals surface area contributed by atoms with Crippen LogP contribution in [0.4, 0.5) is 0 Å². The van der Waals surface area contributed by atoms with Crippen molar-refractivity contribution in [3.63, 3.8) is 0 Å². The number of aromatic amines is 1. The third-order valence-electron chi connectivity index (χ3n) is 5.91. The van der Waals surface area contributed by atoms with Crippen LogP contribution in [0.2, 0.25) is 0 Å². The van der Waals surface area contributed by atoms with Crippen LogP contribution in [0.15, 0.2) is 4.79 Å². The summed E-state index contributed by atoms with van der Waals surface area (Å²) in [6.07, 6.45) is 3.15. The summed E-state index contributed by atoms with van der Waals surface area (Å²) < 4.78 is 0. The van der Waals surface area contributed by atoms with Crippen molar-refractivity contribution in [3.8, 4) is 6.07 Å². The fraction of sp³-hybridized carbons (Fsp3) is 0.619. The number of amides is 1. The molecule has 2 aromatic heterocycles. The number of nitrogens with zero attached hydrogens (tertiary/aromatic N) is 4. The molecule has 0 spiro atoms. The molecule has 0 aromatic carbocycles.